The van der Waals surface area contributed by atoms with Gasteiger partial charge >= 0.3 is 0 Å². The fraction of sp³-hybridized carbons (Fsp3) is 0.421. The average molecular weight is 454 g/mol. The number of nitrogens with two attached hydrogens (primary N) is 3. The first-order valence-electron chi connectivity index (χ1n) is 9.70. The van der Waals surface area contributed by atoms with Crippen molar-refractivity contribution in [2.45, 2.75) is 32.0 Å². The highest BCUT2D eigenvalue weighted by Crippen LogP contribution is 2.27. The maximum atomic E-state index is 12.6. The number of hydrogen-bond acceptors (Lipinski definition) is 9. The molecule has 1 amide bonds. The van der Waals surface area contributed by atoms with Crippen molar-refractivity contribution in [3.05, 3.63) is 35.8 Å². The van der Waals surface area contributed by atoms with Crippen LogP contribution in [0.4, 0.5) is 5.69 Å². The normalized spacial score (nSPS) is 18.0. The fourth-order valence-corrected chi connectivity index (χ4v) is 2.77. The standard InChI is InChI=1S/C19H28ClN7O4/c1-2-3-8-24-19(23)26-18(30)14-16(21)27(17(22)15(20)25-14)11-4-6-13(7-5-11)31-10-12(29)9-28/h4-7,12,17,28-29H,2-3,8-10,21-22H2,1H3,(H3,23,24,26,30). The Morgan fingerprint density at radius 1 is 1.42 bits per heavy atom. The van der Waals surface area contributed by atoms with Crippen LogP contribution in [0.2, 0.25) is 0 Å². The van der Waals surface area contributed by atoms with E-state index < -0.39 is 24.8 Å². The highest BCUT2D eigenvalue weighted by Gasteiger charge is 2.31. The van der Waals surface area contributed by atoms with Crippen molar-refractivity contribution in [1.29, 1.82) is 0 Å². The predicted octanol–water partition coefficient (Wildman–Crippen LogP) is -0.480. The van der Waals surface area contributed by atoms with Crippen LogP contribution in [0.3, 0.4) is 0 Å². The van der Waals surface area contributed by atoms with Crippen molar-refractivity contribution in [2.75, 3.05) is 24.7 Å². The molecule has 1 aliphatic heterocycles. The second kappa shape index (κ2) is 11.5. The molecule has 9 N–H and O–H groups in total. The lowest BCUT2D eigenvalue weighted by molar-refractivity contribution is -0.116. The summed E-state index contributed by atoms with van der Waals surface area (Å²) in [4.78, 5) is 22.1. The lowest BCUT2D eigenvalue weighted by Gasteiger charge is -2.33. The molecule has 2 unspecified atom stereocenters. The van der Waals surface area contributed by atoms with Gasteiger partial charge in [-0.3, -0.25) is 15.1 Å². The van der Waals surface area contributed by atoms with Crippen LogP contribution in [0.15, 0.2) is 45.8 Å². The molecule has 0 aromatic heterocycles. The van der Waals surface area contributed by atoms with Crippen LogP contribution in [0.5, 0.6) is 5.75 Å². The van der Waals surface area contributed by atoms with Crippen molar-refractivity contribution < 1.29 is 19.7 Å². The number of aliphatic imine (C=N–C) groups is 2. The van der Waals surface area contributed by atoms with Crippen LogP contribution in [-0.2, 0) is 4.79 Å². The molecule has 0 fully saturated rings. The molecule has 31 heavy (non-hydrogen) atoms. The molecule has 1 aromatic rings. The average Bonchev–Trinajstić information content (AvgIpc) is 2.75. The molecule has 1 heterocycles. The highest BCUT2D eigenvalue weighted by molar-refractivity contribution is 6.67. The minimum atomic E-state index is -0.984. The summed E-state index contributed by atoms with van der Waals surface area (Å²) in [7, 11) is 0. The van der Waals surface area contributed by atoms with Gasteiger partial charge in [-0.1, -0.05) is 24.9 Å². The lowest BCUT2D eigenvalue weighted by Crippen LogP contribution is -2.52. The van der Waals surface area contributed by atoms with Crippen LogP contribution in [-0.4, -0.2) is 59.3 Å². The van der Waals surface area contributed by atoms with Crippen LogP contribution >= 0.6 is 11.6 Å². The third kappa shape index (κ3) is 6.56. The van der Waals surface area contributed by atoms with Gasteiger partial charge in [-0.2, -0.15) is 0 Å². The summed E-state index contributed by atoms with van der Waals surface area (Å²) in [5, 5.41) is 20.6. The Balaban J connectivity index is 2.21. The van der Waals surface area contributed by atoms with Gasteiger partial charge in [-0.05, 0) is 30.7 Å². The summed E-state index contributed by atoms with van der Waals surface area (Å²) < 4.78 is 5.38. The number of benzene rings is 1. The minimum absolute atomic E-state index is 0.0138. The van der Waals surface area contributed by atoms with Crippen molar-refractivity contribution in [3.63, 3.8) is 0 Å². The fourth-order valence-electron chi connectivity index (χ4n) is 2.59. The zero-order valence-electron chi connectivity index (χ0n) is 17.2. The number of hydrogen-bond donors (Lipinski definition) is 6. The van der Waals surface area contributed by atoms with E-state index in [0.29, 0.717) is 18.0 Å². The topological polar surface area (TPSA) is 185 Å². The zero-order valence-corrected chi connectivity index (χ0v) is 17.9. The third-order valence-electron chi connectivity index (χ3n) is 4.26. The number of guanidine groups is 1. The Bertz CT molecular complexity index is 857. The Hall–Kier alpha value is -2.86. The zero-order chi connectivity index (χ0) is 23.0. The second-order valence-electron chi connectivity index (χ2n) is 6.70. The number of unbranched alkanes of at least 4 members (excludes halogenated alkanes) is 1. The van der Waals surface area contributed by atoms with E-state index >= 15 is 0 Å². The van der Waals surface area contributed by atoms with E-state index in [0.717, 1.165) is 12.8 Å². The molecule has 0 saturated carbocycles. The minimum Gasteiger partial charge on any atom is -0.491 e. The van der Waals surface area contributed by atoms with Gasteiger partial charge in [0.05, 0.1) is 6.61 Å². The summed E-state index contributed by atoms with van der Waals surface area (Å²) in [5.74, 6) is -0.264. The molecule has 0 saturated heterocycles. The van der Waals surface area contributed by atoms with Gasteiger partial charge in [0.1, 0.15) is 35.6 Å². The highest BCUT2D eigenvalue weighted by atomic mass is 35.5. The molecule has 1 aromatic carbocycles. The summed E-state index contributed by atoms with van der Waals surface area (Å²) >= 11 is 6.16. The number of anilines is 1. The number of carbonyl (C=O) groups excluding carboxylic acids is 1. The molecule has 2 atom stereocenters. The Morgan fingerprint density at radius 3 is 2.71 bits per heavy atom. The van der Waals surface area contributed by atoms with Crippen molar-refractivity contribution >= 4 is 34.3 Å². The van der Waals surface area contributed by atoms with Crippen molar-refractivity contribution in [1.82, 2.24) is 5.32 Å². The quantitative estimate of drug-likeness (QED) is 0.164. The molecule has 2 rings (SSSR count). The van der Waals surface area contributed by atoms with Crippen LogP contribution < -0.4 is 32.2 Å². The number of nitrogens with zero attached hydrogens (tertiary/aromatic N) is 3. The molecule has 11 nitrogen and oxygen atoms in total. The molecular weight excluding hydrogens is 426 g/mol. The number of carbonyl (C=O) groups is 1. The van der Waals surface area contributed by atoms with Crippen LogP contribution in [0.25, 0.3) is 0 Å². The number of nitrogens with one attached hydrogen (secondary N) is 1. The van der Waals surface area contributed by atoms with E-state index in [2.05, 4.69) is 15.3 Å². The SMILES string of the molecule is CCCCN=C(N)NC(=O)C1=C(N)N(c2ccc(OCC(O)CO)cc2)C(N)C(Cl)=N1. The summed E-state index contributed by atoms with van der Waals surface area (Å²) in [6.07, 6.45) is -0.103. The van der Waals surface area contributed by atoms with Gasteiger partial charge in [0.15, 0.2) is 11.7 Å². The number of rotatable bonds is 9. The van der Waals surface area contributed by atoms with Gasteiger partial charge in [0, 0.05) is 12.2 Å². The Morgan fingerprint density at radius 2 is 2.10 bits per heavy atom. The van der Waals surface area contributed by atoms with E-state index in [-0.39, 0.29) is 29.3 Å². The van der Waals surface area contributed by atoms with Crippen molar-refractivity contribution in [2.24, 2.45) is 27.2 Å². The lowest BCUT2D eigenvalue weighted by atomic mass is 10.2. The first-order valence-corrected chi connectivity index (χ1v) is 10.1. The monoisotopic (exact) mass is 453 g/mol. The summed E-state index contributed by atoms with van der Waals surface area (Å²) in [6.45, 7) is 2.04. The van der Waals surface area contributed by atoms with Gasteiger partial charge in [0.2, 0.25) is 0 Å². The molecule has 12 heteroatoms. The molecule has 0 aliphatic carbocycles. The predicted molar refractivity (Wildman–Crippen MR) is 120 cm³/mol. The van der Waals surface area contributed by atoms with E-state index in [4.69, 9.17) is 38.6 Å². The van der Waals surface area contributed by atoms with E-state index in [1.165, 1.54) is 4.90 Å². The first-order chi connectivity index (χ1) is 14.8. The van der Waals surface area contributed by atoms with Gasteiger partial charge in [-0.25, -0.2) is 4.99 Å². The first kappa shape index (κ1) is 24.4. The summed E-state index contributed by atoms with van der Waals surface area (Å²) in [5.41, 5.74) is 18.4. The second-order valence-corrected chi connectivity index (χ2v) is 7.09. The van der Waals surface area contributed by atoms with Gasteiger partial charge in [-0.15, -0.1) is 0 Å². The van der Waals surface area contributed by atoms with E-state index in [9.17, 15) is 9.90 Å². The Kier molecular flexibility index (Phi) is 9.06. The largest absolute Gasteiger partial charge is 0.491 e. The Labute approximate surface area is 185 Å². The molecule has 170 valence electrons. The summed E-state index contributed by atoms with van der Waals surface area (Å²) in [6, 6.07) is 6.55. The number of aliphatic hydroxyl groups is 2. The molecule has 0 bridgehead atoms. The van der Waals surface area contributed by atoms with E-state index in [1.807, 2.05) is 6.92 Å². The van der Waals surface area contributed by atoms with Crippen LogP contribution in [0, 0.1) is 0 Å². The maximum Gasteiger partial charge on any atom is 0.280 e. The molecule has 0 spiro atoms. The number of ether oxygens (including phenoxy) is 1. The third-order valence-corrected chi connectivity index (χ3v) is 4.57. The number of halogens is 1. The van der Waals surface area contributed by atoms with Crippen molar-refractivity contribution in [3.8, 4) is 5.75 Å². The van der Waals surface area contributed by atoms with Gasteiger partial charge in [0.25, 0.3) is 5.91 Å². The molecule has 1 aliphatic rings. The molecule has 0 radical (unpaired) electrons. The maximum absolute atomic E-state index is 12.6. The van der Waals surface area contributed by atoms with E-state index in [1.54, 1.807) is 24.3 Å². The number of aliphatic hydroxyl groups excluding tert-OH is 2. The molecular formula is C19H28ClN7O4. The van der Waals surface area contributed by atoms with Gasteiger partial charge < -0.3 is 37.1 Å². The number of amides is 1. The smallest absolute Gasteiger partial charge is 0.280 e. The van der Waals surface area contributed by atoms with Crippen LogP contribution in [0.1, 0.15) is 19.8 Å².